The summed E-state index contributed by atoms with van der Waals surface area (Å²) >= 11 is 0. The molecule has 2 bridgehead atoms. The molecule has 1 aromatic carbocycles. The lowest BCUT2D eigenvalue weighted by Gasteiger charge is -2.34. The van der Waals surface area contributed by atoms with E-state index in [0.29, 0.717) is 13.0 Å². The van der Waals surface area contributed by atoms with Crippen molar-refractivity contribution >= 4 is 0 Å². The second kappa shape index (κ2) is 5.17. The molecule has 4 unspecified atom stereocenters. The van der Waals surface area contributed by atoms with Crippen molar-refractivity contribution in [3.05, 3.63) is 35.4 Å². The summed E-state index contributed by atoms with van der Waals surface area (Å²) in [5.41, 5.74) is 0.902. The second-order valence-electron chi connectivity index (χ2n) is 5.71. The standard InChI is InChI=1S/C16H19NO3/c1-19-9-11-4-2-3-5-13(11)15(18)16(10-17)8-12-6-7-14(16)20-12/h2-5,12,14-15,18H,6-9H2,1H3. The van der Waals surface area contributed by atoms with Gasteiger partial charge in [0.25, 0.3) is 0 Å². The quantitative estimate of drug-likeness (QED) is 0.914. The van der Waals surface area contributed by atoms with Gasteiger partial charge in [0.15, 0.2) is 0 Å². The van der Waals surface area contributed by atoms with E-state index in [-0.39, 0.29) is 12.2 Å². The third-order valence-electron chi connectivity index (χ3n) is 4.59. The number of nitriles is 1. The molecule has 106 valence electrons. The van der Waals surface area contributed by atoms with Crippen molar-refractivity contribution in [3.8, 4) is 6.07 Å². The van der Waals surface area contributed by atoms with E-state index >= 15 is 0 Å². The largest absolute Gasteiger partial charge is 0.387 e. The fourth-order valence-corrected chi connectivity index (χ4v) is 3.57. The number of hydrogen-bond acceptors (Lipinski definition) is 4. The van der Waals surface area contributed by atoms with Gasteiger partial charge in [0.05, 0.1) is 24.9 Å². The van der Waals surface area contributed by atoms with Crippen LogP contribution in [0.4, 0.5) is 0 Å². The number of aliphatic hydroxyl groups is 1. The summed E-state index contributed by atoms with van der Waals surface area (Å²) in [5.74, 6) is 0. The molecule has 0 amide bonds. The number of ether oxygens (including phenoxy) is 2. The Labute approximate surface area is 118 Å². The minimum Gasteiger partial charge on any atom is -0.387 e. The van der Waals surface area contributed by atoms with E-state index in [1.165, 1.54) is 0 Å². The van der Waals surface area contributed by atoms with Crippen LogP contribution in [-0.2, 0) is 16.1 Å². The second-order valence-corrected chi connectivity index (χ2v) is 5.71. The minimum absolute atomic E-state index is 0.129. The molecule has 20 heavy (non-hydrogen) atoms. The van der Waals surface area contributed by atoms with E-state index < -0.39 is 11.5 Å². The van der Waals surface area contributed by atoms with Gasteiger partial charge in [0.1, 0.15) is 11.5 Å². The molecular weight excluding hydrogens is 254 g/mol. The number of nitrogens with zero attached hydrogens (tertiary/aromatic N) is 1. The molecule has 2 fully saturated rings. The molecule has 3 rings (SSSR count). The molecule has 2 saturated heterocycles. The Balaban J connectivity index is 1.96. The van der Waals surface area contributed by atoms with E-state index in [0.717, 1.165) is 24.0 Å². The first-order chi connectivity index (χ1) is 9.71. The van der Waals surface area contributed by atoms with Crippen molar-refractivity contribution in [3.63, 3.8) is 0 Å². The molecule has 0 spiro atoms. The summed E-state index contributed by atoms with van der Waals surface area (Å²) in [5, 5.41) is 20.5. The molecule has 4 heteroatoms. The normalized spacial score (nSPS) is 33.0. The highest BCUT2D eigenvalue weighted by Crippen LogP contribution is 2.54. The highest BCUT2D eigenvalue weighted by molar-refractivity contribution is 5.33. The van der Waals surface area contributed by atoms with Gasteiger partial charge in [0.2, 0.25) is 0 Å². The van der Waals surface area contributed by atoms with Crippen LogP contribution in [0.25, 0.3) is 0 Å². The van der Waals surface area contributed by atoms with Crippen molar-refractivity contribution in [2.45, 2.75) is 44.2 Å². The van der Waals surface area contributed by atoms with Crippen LogP contribution < -0.4 is 0 Å². The predicted octanol–water partition coefficient (Wildman–Crippen LogP) is 2.33. The van der Waals surface area contributed by atoms with Gasteiger partial charge >= 0.3 is 0 Å². The SMILES string of the molecule is COCc1ccccc1C(O)C1(C#N)CC2CCC1O2. The van der Waals surface area contributed by atoms with Crippen molar-refractivity contribution in [2.24, 2.45) is 5.41 Å². The molecule has 0 radical (unpaired) electrons. The summed E-state index contributed by atoms with van der Waals surface area (Å²) < 4.78 is 11.0. The Kier molecular flexibility index (Phi) is 3.51. The molecule has 0 saturated carbocycles. The Morgan fingerprint density at radius 2 is 2.30 bits per heavy atom. The molecule has 0 aliphatic carbocycles. The monoisotopic (exact) mass is 273 g/mol. The zero-order valence-electron chi connectivity index (χ0n) is 11.6. The van der Waals surface area contributed by atoms with Crippen molar-refractivity contribution in [1.82, 2.24) is 0 Å². The zero-order chi connectivity index (χ0) is 14.2. The van der Waals surface area contributed by atoms with Crippen LogP contribution in [0.5, 0.6) is 0 Å². The Bertz CT molecular complexity index is 539. The van der Waals surface area contributed by atoms with Crippen LogP contribution in [0.2, 0.25) is 0 Å². The van der Waals surface area contributed by atoms with Gasteiger partial charge < -0.3 is 14.6 Å². The lowest BCUT2D eigenvalue weighted by atomic mass is 9.69. The molecule has 2 aliphatic heterocycles. The van der Waals surface area contributed by atoms with Crippen LogP contribution >= 0.6 is 0 Å². The summed E-state index contributed by atoms with van der Waals surface area (Å²) in [6.07, 6.45) is 1.64. The average molecular weight is 273 g/mol. The van der Waals surface area contributed by atoms with Gasteiger partial charge in [-0.1, -0.05) is 24.3 Å². The maximum Gasteiger partial charge on any atom is 0.116 e. The van der Waals surface area contributed by atoms with Crippen molar-refractivity contribution in [1.29, 1.82) is 5.26 Å². The molecule has 4 atom stereocenters. The smallest absolute Gasteiger partial charge is 0.116 e. The first-order valence-electron chi connectivity index (χ1n) is 7.03. The maximum atomic E-state index is 10.8. The van der Waals surface area contributed by atoms with Gasteiger partial charge in [-0.3, -0.25) is 0 Å². The zero-order valence-corrected chi connectivity index (χ0v) is 11.6. The van der Waals surface area contributed by atoms with Crippen LogP contribution in [0, 0.1) is 16.7 Å². The van der Waals surface area contributed by atoms with Crippen LogP contribution in [0.1, 0.15) is 36.5 Å². The molecular formula is C16H19NO3. The fourth-order valence-electron chi connectivity index (χ4n) is 3.57. The van der Waals surface area contributed by atoms with Gasteiger partial charge in [-0.05, 0) is 30.4 Å². The summed E-state index contributed by atoms with van der Waals surface area (Å²) in [7, 11) is 1.63. The predicted molar refractivity (Wildman–Crippen MR) is 72.7 cm³/mol. The average Bonchev–Trinajstić information content (AvgIpc) is 3.08. The van der Waals surface area contributed by atoms with Crippen molar-refractivity contribution in [2.75, 3.05) is 7.11 Å². The molecule has 2 heterocycles. The minimum atomic E-state index is -0.825. The van der Waals surface area contributed by atoms with Crippen LogP contribution in [0.15, 0.2) is 24.3 Å². The third-order valence-corrected chi connectivity index (χ3v) is 4.59. The highest BCUT2D eigenvalue weighted by Gasteiger charge is 2.57. The van der Waals surface area contributed by atoms with Crippen molar-refractivity contribution < 1.29 is 14.6 Å². The van der Waals surface area contributed by atoms with Gasteiger partial charge in [-0.15, -0.1) is 0 Å². The first-order valence-corrected chi connectivity index (χ1v) is 7.03. The number of hydrogen-bond donors (Lipinski definition) is 1. The van der Waals surface area contributed by atoms with Crippen LogP contribution in [0.3, 0.4) is 0 Å². The summed E-state index contributed by atoms with van der Waals surface area (Å²) in [4.78, 5) is 0. The van der Waals surface area contributed by atoms with E-state index in [1.54, 1.807) is 7.11 Å². The van der Waals surface area contributed by atoms with E-state index in [9.17, 15) is 10.4 Å². The molecule has 1 aromatic rings. The topological polar surface area (TPSA) is 62.5 Å². The highest BCUT2D eigenvalue weighted by atomic mass is 16.5. The fraction of sp³-hybridized carbons (Fsp3) is 0.562. The lowest BCUT2D eigenvalue weighted by molar-refractivity contribution is 0.00226. The Morgan fingerprint density at radius 3 is 2.90 bits per heavy atom. The van der Waals surface area contributed by atoms with E-state index in [4.69, 9.17) is 9.47 Å². The number of benzene rings is 1. The van der Waals surface area contributed by atoms with Gasteiger partial charge in [-0.2, -0.15) is 5.26 Å². The van der Waals surface area contributed by atoms with E-state index in [1.807, 2.05) is 24.3 Å². The first kappa shape index (κ1) is 13.6. The number of fused-ring (bicyclic) bond motifs is 2. The maximum absolute atomic E-state index is 10.8. The van der Waals surface area contributed by atoms with Gasteiger partial charge in [0, 0.05) is 7.11 Å². The third kappa shape index (κ3) is 1.94. The number of aliphatic hydroxyl groups excluding tert-OH is 1. The molecule has 1 N–H and O–H groups in total. The van der Waals surface area contributed by atoms with E-state index in [2.05, 4.69) is 6.07 Å². The summed E-state index contributed by atoms with van der Waals surface area (Å²) in [6, 6.07) is 9.97. The Morgan fingerprint density at radius 1 is 1.50 bits per heavy atom. The van der Waals surface area contributed by atoms with Gasteiger partial charge in [-0.25, -0.2) is 0 Å². The molecule has 2 aliphatic rings. The number of rotatable bonds is 4. The number of methoxy groups -OCH3 is 1. The van der Waals surface area contributed by atoms with Crippen LogP contribution in [-0.4, -0.2) is 24.4 Å². The lowest BCUT2D eigenvalue weighted by Crippen LogP contribution is -2.37. The Hall–Kier alpha value is -1.41. The molecule has 0 aromatic heterocycles. The molecule has 4 nitrogen and oxygen atoms in total. The summed E-state index contributed by atoms with van der Waals surface area (Å²) in [6.45, 7) is 0.434.